The topological polar surface area (TPSA) is 56.2 Å². The maximum Gasteiger partial charge on any atom is 0.253 e. The first-order valence-electron chi connectivity index (χ1n) is 13.4. The van der Waals surface area contributed by atoms with E-state index < -0.39 is 0 Å². The van der Waals surface area contributed by atoms with Gasteiger partial charge in [0.25, 0.3) is 5.91 Å². The Hall–Kier alpha value is -4.25. The van der Waals surface area contributed by atoms with Gasteiger partial charge in [0.2, 0.25) is 0 Å². The van der Waals surface area contributed by atoms with E-state index in [4.69, 9.17) is 5.41 Å². The standard InChI is InChI=1S/C34H34FN3O/c1-3-4-5-6-7-11-14-29-31-22-38(33(39)25-12-9-8-10-13-25)23-34(29,31)30-20-26(21-36)32(19-24(30)2)37-28-17-15-27(35)16-18-28/h3-13,15-21,29,31,36-37H,14,22-23H2,1-2H3/b4-3-,6-5-,11-7+,36-21?. The third-order valence-corrected chi connectivity index (χ3v) is 8.11. The van der Waals surface area contributed by atoms with E-state index in [1.54, 1.807) is 12.1 Å². The maximum atomic E-state index is 13.4. The Labute approximate surface area is 230 Å². The van der Waals surface area contributed by atoms with Crippen LogP contribution in [0.15, 0.2) is 103 Å². The average molecular weight is 520 g/mol. The maximum absolute atomic E-state index is 13.4. The molecule has 0 aromatic heterocycles. The predicted molar refractivity (Wildman–Crippen MR) is 157 cm³/mol. The minimum atomic E-state index is -0.286. The zero-order valence-corrected chi connectivity index (χ0v) is 22.4. The van der Waals surface area contributed by atoms with Crippen LogP contribution in [-0.2, 0) is 5.41 Å². The molecule has 0 radical (unpaired) electrons. The Morgan fingerprint density at radius 1 is 1.08 bits per heavy atom. The van der Waals surface area contributed by atoms with Crippen LogP contribution in [0, 0.1) is 30.0 Å². The van der Waals surface area contributed by atoms with Crippen LogP contribution < -0.4 is 5.32 Å². The molecule has 4 nitrogen and oxygen atoms in total. The summed E-state index contributed by atoms with van der Waals surface area (Å²) in [6, 6.07) is 19.9. The van der Waals surface area contributed by atoms with Crippen LogP contribution in [0.4, 0.5) is 15.8 Å². The first kappa shape index (κ1) is 26.4. The number of aryl methyl sites for hydroxylation is 1. The van der Waals surface area contributed by atoms with Gasteiger partial charge in [-0.2, -0.15) is 0 Å². The molecule has 1 saturated carbocycles. The van der Waals surface area contributed by atoms with Gasteiger partial charge in [0, 0.05) is 47.2 Å². The Morgan fingerprint density at radius 3 is 2.54 bits per heavy atom. The average Bonchev–Trinajstić information content (AvgIpc) is 3.35. The largest absolute Gasteiger partial charge is 0.355 e. The molecule has 39 heavy (non-hydrogen) atoms. The Bertz CT molecular complexity index is 1440. The highest BCUT2D eigenvalue weighted by molar-refractivity contribution is 5.95. The molecule has 198 valence electrons. The molecule has 1 saturated heterocycles. The number of halogens is 1. The Morgan fingerprint density at radius 2 is 1.82 bits per heavy atom. The molecule has 3 aromatic rings. The van der Waals surface area contributed by atoms with E-state index in [0.717, 1.165) is 41.0 Å². The molecule has 0 spiro atoms. The van der Waals surface area contributed by atoms with Gasteiger partial charge in [0.05, 0.1) is 0 Å². The van der Waals surface area contributed by atoms with Gasteiger partial charge in [-0.1, -0.05) is 54.7 Å². The van der Waals surface area contributed by atoms with Crippen molar-refractivity contribution in [1.82, 2.24) is 4.90 Å². The van der Waals surface area contributed by atoms with Crippen LogP contribution >= 0.6 is 0 Å². The first-order valence-corrected chi connectivity index (χ1v) is 13.4. The van der Waals surface area contributed by atoms with Crippen molar-refractivity contribution in [2.24, 2.45) is 11.8 Å². The van der Waals surface area contributed by atoms with Gasteiger partial charge in [-0.3, -0.25) is 4.79 Å². The minimum Gasteiger partial charge on any atom is -0.355 e. The number of fused-ring (bicyclic) bond motifs is 1. The predicted octanol–water partition coefficient (Wildman–Crippen LogP) is 7.59. The number of anilines is 2. The summed E-state index contributed by atoms with van der Waals surface area (Å²) in [7, 11) is 0. The summed E-state index contributed by atoms with van der Waals surface area (Å²) < 4.78 is 13.4. The molecule has 5 heteroatoms. The first-order chi connectivity index (χ1) is 19.0. The summed E-state index contributed by atoms with van der Waals surface area (Å²) >= 11 is 0. The molecular weight excluding hydrogens is 485 g/mol. The van der Waals surface area contributed by atoms with Gasteiger partial charge in [0.1, 0.15) is 5.82 Å². The van der Waals surface area contributed by atoms with E-state index in [2.05, 4.69) is 36.5 Å². The molecule has 2 aliphatic rings. The van der Waals surface area contributed by atoms with Gasteiger partial charge >= 0.3 is 0 Å². The minimum absolute atomic E-state index is 0.0743. The van der Waals surface area contributed by atoms with Crippen LogP contribution in [0.5, 0.6) is 0 Å². The van der Waals surface area contributed by atoms with Crippen molar-refractivity contribution in [3.8, 4) is 0 Å². The second-order valence-corrected chi connectivity index (χ2v) is 10.4. The Balaban J connectivity index is 1.45. The van der Waals surface area contributed by atoms with Gasteiger partial charge in [-0.25, -0.2) is 4.39 Å². The quantitative estimate of drug-likeness (QED) is 0.226. The lowest BCUT2D eigenvalue weighted by atomic mass is 9.86. The second-order valence-electron chi connectivity index (χ2n) is 10.4. The lowest BCUT2D eigenvalue weighted by Crippen LogP contribution is -2.35. The van der Waals surface area contributed by atoms with Gasteiger partial charge in [-0.05, 0) is 91.8 Å². The lowest BCUT2D eigenvalue weighted by Gasteiger charge is -2.26. The van der Waals surface area contributed by atoms with Crippen LogP contribution in [0.25, 0.3) is 0 Å². The fourth-order valence-electron chi connectivity index (χ4n) is 6.21. The number of carbonyl (C=O) groups is 1. The monoisotopic (exact) mass is 519 g/mol. The van der Waals surface area contributed by atoms with Crippen molar-refractivity contribution in [2.45, 2.75) is 25.7 Å². The van der Waals surface area contributed by atoms with E-state index in [1.165, 1.54) is 23.9 Å². The molecule has 2 N–H and O–H groups in total. The number of hydrogen-bond acceptors (Lipinski definition) is 3. The highest BCUT2D eigenvalue weighted by Crippen LogP contribution is 2.66. The normalized spacial score (nSPS) is 22.1. The molecule has 2 fully saturated rings. The fourth-order valence-corrected chi connectivity index (χ4v) is 6.21. The number of carbonyl (C=O) groups excluding carboxylic acids is 1. The lowest BCUT2D eigenvalue weighted by molar-refractivity contribution is 0.0763. The molecular formula is C34H34FN3O. The van der Waals surface area contributed by atoms with Gasteiger partial charge in [-0.15, -0.1) is 0 Å². The van der Waals surface area contributed by atoms with E-state index in [1.807, 2.05) is 66.5 Å². The van der Waals surface area contributed by atoms with Crippen molar-refractivity contribution in [3.05, 3.63) is 131 Å². The molecule has 1 amide bonds. The van der Waals surface area contributed by atoms with Crippen LogP contribution in [-0.4, -0.2) is 30.1 Å². The summed E-state index contributed by atoms with van der Waals surface area (Å²) in [6.45, 7) is 5.51. The number of rotatable bonds is 9. The second kappa shape index (κ2) is 11.2. The van der Waals surface area contributed by atoms with Crippen LogP contribution in [0.3, 0.4) is 0 Å². The summed E-state index contributed by atoms with van der Waals surface area (Å²) in [5.41, 5.74) is 5.27. The molecule has 0 bridgehead atoms. The number of nitrogens with one attached hydrogen (secondary N) is 2. The Kier molecular flexibility index (Phi) is 7.60. The molecule has 3 unspecified atom stereocenters. The molecule has 3 atom stereocenters. The molecule has 1 heterocycles. The number of amides is 1. The van der Waals surface area contributed by atoms with E-state index >= 15 is 0 Å². The van der Waals surface area contributed by atoms with Crippen LogP contribution in [0.2, 0.25) is 0 Å². The van der Waals surface area contributed by atoms with Gasteiger partial charge < -0.3 is 15.6 Å². The summed E-state index contributed by atoms with van der Waals surface area (Å²) in [6.07, 6.45) is 14.7. The summed E-state index contributed by atoms with van der Waals surface area (Å²) in [4.78, 5) is 15.4. The third-order valence-electron chi connectivity index (χ3n) is 8.11. The van der Waals surface area contributed by atoms with Gasteiger partial charge in [0.15, 0.2) is 0 Å². The van der Waals surface area contributed by atoms with Crippen molar-refractivity contribution in [3.63, 3.8) is 0 Å². The number of likely N-dealkylation sites (tertiary alicyclic amines) is 1. The fraction of sp³-hybridized carbons (Fsp3) is 0.235. The number of nitrogens with zero attached hydrogens (tertiary/aromatic N) is 1. The van der Waals surface area contributed by atoms with Crippen molar-refractivity contribution < 1.29 is 9.18 Å². The molecule has 1 aliphatic carbocycles. The van der Waals surface area contributed by atoms with E-state index in [0.29, 0.717) is 18.4 Å². The molecule has 3 aromatic carbocycles. The SMILES string of the molecule is C\C=C/C=C\C=C\CC1C2CN(C(=O)c3ccccc3)CC12c1cc(C=N)c(Nc2ccc(F)cc2)cc1C. The third kappa shape index (κ3) is 5.22. The number of piperidine rings is 1. The summed E-state index contributed by atoms with van der Waals surface area (Å²) in [5.74, 6) is 0.580. The zero-order valence-electron chi connectivity index (χ0n) is 22.4. The number of benzene rings is 3. The molecule has 5 rings (SSSR count). The van der Waals surface area contributed by atoms with E-state index in [9.17, 15) is 9.18 Å². The summed E-state index contributed by atoms with van der Waals surface area (Å²) in [5, 5.41) is 11.5. The number of hydrogen-bond donors (Lipinski definition) is 2. The van der Waals surface area contributed by atoms with Crippen LogP contribution in [0.1, 0.15) is 40.4 Å². The molecule has 1 aliphatic heterocycles. The van der Waals surface area contributed by atoms with Crippen molar-refractivity contribution in [2.75, 3.05) is 18.4 Å². The highest BCUT2D eigenvalue weighted by atomic mass is 19.1. The highest BCUT2D eigenvalue weighted by Gasteiger charge is 2.69. The smallest absolute Gasteiger partial charge is 0.253 e. The number of allylic oxidation sites excluding steroid dienone is 6. The van der Waals surface area contributed by atoms with Crippen molar-refractivity contribution >= 4 is 23.5 Å². The van der Waals surface area contributed by atoms with E-state index in [-0.39, 0.29) is 17.1 Å². The van der Waals surface area contributed by atoms with Crippen molar-refractivity contribution in [1.29, 1.82) is 5.41 Å². The zero-order chi connectivity index (χ0) is 27.4.